The van der Waals surface area contributed by atoms with Crippen LogP contribution in [0, 0.1) is 13.8 Å². The van der Waals surface area contributed by atoms with Crippen molar-refractivity contribution in [3.63, 3.8) is 0 Å². The lowest BCUT2D eigenvalue weighted by atomic mass is 10.1. The van der Waals surface area contributed by atoms with Gasteiger partial charge in [-0.1, -0.05) is 7.43 Å². The van der Waals surface area contributed by atoms with Gasteiger partial charge in [0, 0.05) is 24.3 Å². The molecule has 3 aromatic heterocycles. The fourth-order valence-corrected chi connectivity index (χ4v) is 3.88. The molecule has 0 spiro atoms. The minimum Gasteiger partial charge on any atom is -0.331 e. The maximum absolute atomic E-state index is 12.7. The van der Waals surface area contributed by atoms with Gasteiger partial charge in [-0.05, 0) is 61.4 Å². The molecule has 1 aromatic carbocycles. The summed E-state index contributed by atoms with van der Waals surface area (Å²) in [6.45, 7) is 4.05. The summed E-state index contributed by atoms with van der Waals surface area (Å²) in [5.74, 6) is 0.359. The number of aryl methyl sites for hydroxylation is 1. The van der Waals surface area contributed by atoms with Crippen molar-refractivity contribution < 1.29 is 4.21 Å². The van der Waals surface area contributed by atoms with E-state index in [2.05, 4.69) is 15.0 Å². The molecule has 4 rings (SSSR count). The molecule has 0 amide bonds. The molecule has 6 heteroatoms. The predicted molar refractivity (Wildman–Crippen MR) is 106 cm³/mol. The van der Waals surface area contributed by atoms with Gasteiger partial charge in [0.2, 0.25) is 0 Å². The number of nitrogens with zero attached hydrogens (tertiary/aromatic N) is 3. The largest absolute Gasteiger partial charge is 0.331 e. The van der Waals surface area contributed by atoms with Crippen molar-refractivity contribution >= 4 is 21.8 Å². The van der Waals surface area contributed by atoms with E-state index in [1.165, 1.54) is 0 Å². The number of hydrogen-bond donors (Lipinski definition) is 1. The topological polar surface area (TPSA) is 63.6 Å². The minimum absolute atomic E-state index is 0. The highest BCUT2D eigenvalue weighted by atomic mass is 32.2. The lowest BCUT2D eigenvalue weighted by Crippen LogP contribution is -2.03. The highest BCUT2D eigenvalue weighted by molar-refractivity contribution is 7.84. The Balaban J connectivity index is 0.00000196. The molecule has 5 nitrogen and oxygen atoms in total. The Morgan fingerprint density at radius 1 is 1.15 bits per heavy atom. The van der Waals surface area contributed by atoms with Gasteiger partial charge in [-0.3, -0.25) is 9.19 Å². The zero-order valence-electron chi connectivity index (χ0n) is 14.1. The summed E-state index contributed by atoms with van der Waals surface area (Å²) >= 11 is 0. The molecule has 134 valence electrons. The van der Waals surface area contributed by atoms with E-state index in [4.69, 9.17) is 0 Å². The monoisotopic (exact) mass is 366 g/mol. The molecule has 0 aliphatic carbocycles. The van der Waals surface area contributed by atoms with Crippen molar-refractivity contribution in [2.75, 3.05) is 0 Å². The number of aromatic amines is 1. The van der Waals surface area contributed by atoms with E-state index in [9.17, 15) is 4.21 Å². The van der Waals surface area contributed by atoms with Crippen LogP contribution in [0.1, 0.15) is 24.2 Å². The van der Waals surface area contributed by atoms with Gasteiger partial charge in [0.05, 0.1) is 33.3 Å². The van der Waals surface area contributed by atoms with Crippen LogP contribution in [-0.2, 0) is 16.6 Å². The number of pyridine rings is 1. The Morgan fingerprint density at radius 2 is 1.92 bits per heavy atom. The summed E-state index contributed by atoms with van der Waals surface area (Å²) in [5.41, 5.74) is 5.82. The third kappa shape index (κ3) is 3.32. The smallest absolute Gasteiger partial charge is 0.197 e. The van der Waals surface area contributed by atoms with Crippen LogP contribution in [0.15, 0.2) is 60.1 Å². The number of rotatable bonds is 4. The van der Waals surface area contributed by atoms with Gasteiger partial charge in [0.15, 0.2) is 5.16 Å². The Kier molecular flexibility index (Phi) is 5.04. The molecule has 0 aliphatic heterocycles. The summed E-state index contributed by atoms with van der Waals surface area (Å²) in [6, 6.07) is 11.9. The molecule has 0 aliphatic rings. The molecule has 1 unspecified atom stereocenters. The van der Waals surface area contributed by atoms with Crippen molar-refractivity contribution in [1.82, 2.24) is 19.5 Å². The Morgan fingerprint density at radius 3 is 2.69 bits per heavy atom. The number of nitrogens with one attached hydrogen (secondary N) is 1. The van der Waals surface area contributed by atoms with Gasteiger partial charge < -0.3 is 9.55 Å². The number of hydrogen-bond acceptors (Lipinski definition) is 3. The number of aromatic nitrogens is 4. The average molecular weight is 366 g/mol. The number of fused-ring (bicyclic) bond motifs is 1. The van der Waals surface area contributed by atoms with E-state index in [1.807, 2.05) is 67.2 Å². The number of benzene rings is 1. The van der Waals surface area contributed by atoms with E-state index in [-0.39, 0.29) is 7.43 Å². The molecule has 1 N–H and O–H groups in total. The van der Waals surface area contributed by atoms with Gasteiger partial charge in [0.1, 0.15) is 0 Å². The maximum atomic E-state index is 12.7. The molecule has 0 fully saturated rings. The summed E-state index contributed by atoms with van der Waals surface area (Å²) in [5, 5.41) is 0.488. The van der Waals surface area contributed by atoms with E-state index in [0.717, 1.165) is 33.5 Å². The quantitative estimate of drug-likeness (QED) is 0.585. The van der Waals surface area contributed by atoms with Gasteiger partial charge in [0.25, 0.3) is 0 Å². The lowest BCUT2D eigenvalue weighted by Gasteiger charge is -2.05. The molecular weight excluding hydrogens is 344 g/mol. The summed E-state index contributed by atoms with van der Waals surface area (Å²) in [4.78, 5) is 12.1. The average Bonchev–Trinajstić information content (AvgIpc) is 3.27. The molecule has 26 heavy (non-hydrogen) atoms. The van der Waals surface area contributed by atoms with E-state index in [1.54, 1.807) is 6.20 Å². The van der Waals surface area contributed by atoms with E-state index < -0.39 is 10.8 Å². The normalized spacial score (nSPS) is 12.1. The standard InChI is InChI=1S/C19H18N4OS.CH4/c1-13-7-8-20-18(14(13)2)12-25(24)19-21-16-6-5-15(11-17(16)22-19)23-9-3-4-10-23;/h3-11H,12H2,1-2H3,(H,21,22);1H4. The molecule has 0 radical (unpaired) electrons. The van der Waals surface area contributed by atoms with E-state index >= 15 is 0 Å². The fourth-order valence-electron chi connectivity index (χ4n) is 2.78. The molecular formula is C20H22N4OS. The Labute approximate surface area is 155 Å². The SMILES string of the molecule is C.Cc1ccnc(CS(=O)c2nc3ccc(-n4cccc4)cc3[nH]2)c1C. The number of H-pyrrole nitrogens is 1. The van der Waals surface area contributed by atoms with Crippen LogP contribution < -0.4 is 0 Å². The third-order valence-corrected chi connectivity index (χ3v) is 5.57. The third-order valence-electron chi connectivity index (χ3n) is 4.41. The van der Waals surface area contributed by atoms with Crippen LogP contribution in [-0.4, -0.2) is 23.7 Å². The summed E-state index contributed by atoms with van der Waals surface area (Å²) < 4.78 is 14.8. The van der Waals surface area contributed by atoms with Gasteiger partial charge >= 0.3 is 0 Å². The van der Waals surface area contributed by atoms with Gasteiger partial charge in [-0.15, -0.1) is 0 Å². The summed E-state index contributed by atoms with van der Waals surface area (Å²) in [6.07, 6.45) is 5.74. The predicted octanol–water partition coefficient (Wildman–Crippen LogP) is 4.31. The Bertz CT molecular complexity index is 1070. The first-order chi connectivity index (χ1) is 12.1. The maximum Gasteiger partial charge on any atom is 0.197 e. The first kappa shape index (κ1) is 18.1. The van der Waals surface area contributed by atoms with E-state index in [0.29, 0.717) is 10.9 Å². The van der Waals surface area contributed by atoms with Crippen LogP contribution in [0.4, 0.5) is 0 Å². The first-order valence-electron chi connectivity index (χ1n) is 8.04. The molecule has 0 saturated heterocycles. The first-order valence-corrected chi connectivity index (χ1v) is 9.36. The zero-order chi connectivity index (χ0) is 17.4. The highest BCUT2D eigenvalue weighted by Crippen LogP contribution is 2.20. The van der Waals surface area contributed by atoms with Crippen LogP contribution >= 0.6 is 0 Å². The minimum atomic E-state index is -1.26. The molecule has 1 atom stereocenters. The zero-order valence-corrected chi connectivity index (χ0v) is 14.9. The second kappa shape index (κ2) is 7.25. The van der Waals surface area contributed by atoms with Crippen molar-refractivity contribution in [3.8, 4) is 5.69 Å². The van der Waals surface area contributed by atoms with Crippen molar-refractivity contribution in [1.29, 1.82) is 0 Å². The van der Waals surface area contributed by atoms with Crippen molar-refractivity contribution in [2.45, 2.75) is 32.2 Å². The lowest BCUT2D eigenvalue weighted by molar-refractivity contribution is 0.676. The second-order valence-corrected chi connectivity index (χ2v) is 7.39. The van der Waals surface area contributed by atoms with Crippen LogP contribution in [0.25, 0.3) is 16.7 Å². The van der Waals surface area contributed by atoms with Crippen LogP contribution in [0.2, 0.25) is 0 Å². The van der Waals surface area contributed by atoms with Gasteiger partial charge in [-0.25, -0.2) is 4.98 Å². The van der Waals surface area contributed by atoms with Gasteiger partial charge in [-0.2, -0.15) is 0 Å². The fraction of sp³-hybridized carbons (Fsp3) is 0.200. The molecule has 0 saturated carbocycles. The Hall–Kier alpha value is -2.73. The van der Waals surface area contributed by atoms with Crippen molar-refractivity contribution in [3.05, 3.63) is 71.8 Å². The number of imidazole rings is 1. The van der Waals surface area contributed by atoms with Crippen molar-refractivity contribution in [2.24, 2.45) is 0 Å². The molecule has 4 aromatic rings. The molecule has 3 heterocycles. The summed E-state index contributed by atoms with van der Waals surface area (Å²) in [7, 11) is -1.26. The van der Waals surface area contributed by atoms with Crippen LogP contribution in [0.3, 0.4) is 0 Å². The highest BCUT2D eigenvalue weighted by Gasteiger charge is 2.14. The second-order valence-electron chi connectivity index (χ2n) is 6.02. The van der Waals surface area contributed by atoms with Crippen LogP contribution in [0.5, 0.6) is 0 Å². The molecule has 0 bridgehead atoms.